The molecule has 25 heavy (non-hydrogen) atoms. The highest BCUT2D eigenvalue weighted by molar-refractivity contribution is 6.00. The summed E-state index contributed by atoms with van der Waals surface area (Å²) in [4.78, 5) is 12.1. The summed E-state index contributed by atoms with van der Waals surface area (Å²) in [5.74, 6) is -0.334. The number of benzene rings is 2. The maximum Gasteiger partial charge on any atom is 0.331 e. The Kier molecular flexibility index (Phi) is 4.49. The Morgan fingerprint density at radius 3 is 2.32 bits per heavy atom. The second-order valence-electron chi connectivity index (χ2n) is 7.07. The van der Waals surface area contributed by atoms with Gasteiger partial charge in [0.05, 0.1) is 5.69 Å². The Balaban J connectivity index is 2.12. The molecule has 0 radical (unpaired) electrons. The van der Waals surface area contributed by atoms with Crippen LogP contribution in [0.3, 0.4) is 0 Å². The lowest BCUT2D eigenvalue weighted by Gasteiger charge is -2.17. The van der Waals surface area contributed by atoms with Crippen LogP contribution in [0, 0.1) is 0 Å². The molecule has 0 saturated heterocycles. The lowest BCUT2D eigenvalue weighted by atomic mass is 10.0. The van der Waals surface area contributed by atoms with E-state index in [9.17, 15) is 4.79 Å². The molecule has 0 fully saturated rings. The van der Waals surface area contributed by atoms with Crippen LogP contribution in [0.1, 0.15) is 26.3 Å². The number of carbonyl (C=O) groups excluding carboxylic acids is 1. The highest BCUT2D eigenvalue weighted by atomic mass is 16.6. The van der Waals surface area contributed by atoms with E-state index in [0.29, 0.717) is 0 Å². The number of rotatable bonds is 3. The van der Waals surface area contributed by atoms with Crippen molar-refractivity contribution in [1.82, 2.24) is 4.57 Å². The number of carbonyl (C=O) groups is 1. The van der Waals surface area contributed by atoms with Gasteiger partial charge in [-0.2, -0.15) is 0 Å². The molecule has 0 aliphatic rings. The molecule has 0 saturated carbocycles. The number of nitrogens with zero attached hydrogens (tertiary/aromatic N) is 1. The lowest BCUT2D eigenvalue weighted by molar-refractivity contribution is -0.148. The molecule has 3 aromatic rings. The van der Waals surface area contributed by atoms with Gasteiger partial charge in [0, 0.05) is 29.6 Å². The molecule has 1 aromatic heterocycles. The SMILES string of the molecule is Cn1c(-c2ccccc2)c(/C=C/C(=O)OC(C)(C)C)c2ccccc21. The summed E-state index contributed by atoms with van der Waals surface area (Å²) in [6.45, 7) is 5.60. The first kappa shape index (κ1) is 17.0. The zero-order chi connectivity index (χ0) is 18.0. The predicted molar refractivity (Wildman–Crippen MR) is 103 cm³/mol. The van der Waals surface area contributed by atoms with Crippen LogP contribution in [0.4, 0.5) is 0 Å². The summed E-state index contributed by atoms with van der Waals surface area (Å²) in [7, 11) is 2.05. The van der Waals surface area contributed by atoms with Crippen LogP contribution in [0.15, 0.2) is 60.7 Å². The average Bonchev–Trinajstić information content (AvgIpc) is 2.85. The molecule has 0 aliphatic heterocycles. The van der Waals surface area contributed by atoms with Gasteiger partial charge in [0.1, 0.15) is 5.60 Å². The first-order chi connectivity index (χ1) is 11.9. The zero-order valence-electron chi connectivity index (χ0n) is 15.1. The van der Waals surface area contributed by atoms with E-state index >= 15 is 0 Å². The van der Waals surface area contributed by atoms with Crippen LogP contribution in [-0.4, -0.2) is 16.1 Å². The second kappa shape index (κ2) is 6.60. The van der Waals surface area contributed by atoms with Crippen molar-refractivity contribution in [3.63, 3.8) is 0 Å². The van der Waals surface area contributed by atoms with Gasteiger partial charge in [-0.05, 0) is 38.5 Å². The Bertz CT molecular complexity index is 928. The number of esters is 1. The van der Waals surface area contributed by atoms with Gasteiger partial charge >= 0.3 is 5.97 Å². The molecule has 3 heteroatoms. The summed E-state index contributed by atoms with van der Waals surface area (Å²) >= 11 is 0. The molecule has 0 unspecified atom stereocenters. The normalized spacial score (nSPS) is 12.0. The minimum atomic E-state index is -0.498. The van der Waals surface area contributed by atoms with Crippen molar-refractivity contribution in [2.75, 3.05) is 0 Å². The van der Waals surface area contributed by atoms with Crippen LogP contribution in [0.5, 0.6) is 0 Å². The molecule has 0 spiro atoms. The Morgan fingerprint density at radius 1 is 1.00 bits per heavy atom. The third kappa shape index (κ3) is 3.66. The highest BCUT2D eigenvalue weighted by Crippen LogP contribution is 2.33. The molecule has 0 N–H and O–H groups in total. The van der Waals surface area contributed by atoms with Crippen LogP contribution < -0.4 is 0 Å². The minimum Gasteiger partial charge on any atom is -0.457 e. The molecule has 1 heterocycles. The third-order valence-corrected chi connectivity index (χ3v) is 3.99. The zero-order valence-corrected chi connectivity index (χ0v) is 15.1. The molecule has 128 valence electrons. The van der Waals surface area contributed by atoms with Gasteiger partial charge in [0.25, 0.3) is 0 Å². The van der Waals surface area contributed by atoms with E-state index in [1.54, 1.807) is 0 Å². The van der Waals surface area contributed by atoms with Gasteiger partial charge in [0.2, 0.25) is 0 Å². The van der Waals surface area contributed by atoms with Crippen molar-refractivity contribution in [1.29, 1.82) is 0 Å². The first-order valence-corrected chi connectivity index (χ1v) is 8.41. The fourth-order valence-corrected chi connectivity index (χ4v) is 3.02. The second-order valence-corrected chi connectivity index (χ2v) is 7.07. The monoisotopic (exact) mass is 333 g/mol. The predicted octanol–water partition coefficient (Wildman–Crippen LogP) is 5.20. The molecular formula is C22H23NO2. The summed E-state index contributed by atoms with van der Waals surface area (Å²) < 4.78 is 7.56. The average molecular weight is 333 g/mol. The Hall–Kier alpha value is -2.81. The number of hydrogen-bond donors (Lipinski definition) is 0. The summed E-state index contributed by atoms with van der Waals surface area (Å²) in [6, 6.07) is 18.4. The Labute approximate surface area is 148 Å². The largest absolute Gasteiger partial charge is 0.457 e. The van der Waals surface area contributed by atoms with Crippen LogP contribution in [-0.2, 0) is 16.6 Å². The van der Waals surface area contributed by atoms with Crippen LogP contribution >= 0.6 is 0 Å². The fourth-order valence-electron chi connectivity index (χ4n) is 3.02. The summed E-state index contributed by atoms with van der Waals surface area (Å²) in [6.07, 6.45) is 3.37. The molecule has 0 aliphatic carbocycles. The topological polar surface area (TPSA) is 31.2 Å². The van der Waals surface area contributed by atoms with E-state index in [1.165, 1.54) is 6.08 Å². The molecule has 2 aromatic carbocycles. The maximum atomic E-state index is 12.1. The van der Waals surface area contributed by atoms with Gasteiger partial charge in [-0.15, -0.1) is 0 Å². The third-order valence-electron chi connectivity index (χ3n) is 3.99. The number of aryl methyl sites for hydroxylation is 1. The van der Waals surface area contributed by atoms with Gasteiger partial charge in [0.15, 0.2) is 0 Å². The number of fused-ring (bicyclic) bond motifs is 1. The van der Waals surface area contributed by atoms with Crippen molar-refractivity contribution in [2.24, 2.45) is 7.05 Å². The summed E-state index contributed by atoms with van der Waals surface area (Å²) in [5.41, 5.74) is 3.86. The number of para-hydroxylation sites is 1. The van der Waals surface area contributed by atoms with Crippen molar-refractivity contribution in [2.45, 2.75) is 26.4 Å². The lowest BCUT2D eigenvalue weighted by Crippen LogP contribution is -2.22. The quantitative estimate of drug-likeness (QED) is 0.487. The Morgan fingerprint density at radius 2 is 1.64 bits per heavy atom. The van der Waals surface area contributed by atoms with Crippen LogP contribution in [0.2, 0.25) is 0 Å². The van der Waals surface area contributed by atoms with Gasteiger partial charge in [-0.3, -0.25) is 0 Å². The molecule has 0 amide bonds. The smallest absolute Gasteiger partial charge is 0.331 e. The van der Waals surface area contributed by atoms with E-state index in [2.05, 4.69) is 35.9 Å². The maximum absolute atomic E-state index is 12.1. The van der Waals surface area contributed by atoms with E-state index < -0.39 is 5.60 Å². The standard InChI is InChI=1S/C22H23NO2/c1-22(2,3)25-20(24)15-14-18-17-12-8-9-13-19(17)23(4)21(18)16-10-6-5-7-11-16/h5-15H,1-4H3/b15-14+. The van der Waals surface area contributed by atoms with Crippen molar-refractivity contribution in [3.8, 4) is 11.3 Å². The molecule has 3 nitrogen and oxygen atoms in total. The fraction of sp³-hybridized carbons (Fsp3) is 0.227. The number of ether oxygens (including phenoxy) is 1. The van der Waals surface area contributed by atoms with E-state index in [-0.39, 0.29) is 5.97 Å². The van der Waals surface area contributed by atoms with Gasteiger partial charge in [-0.1, -0.05) is 48.5 Å². The molecule has 3 rings (SSSR count). The first-order valence-electron chi connectivity index (χ1n) is 8.41. The van der Waals surface area contributed by atoms with Crippen LogP contribution in [0.25, 0.3) is 28.2 Å². The van der Waals surface area contributed by atoms with E-state index in [0.717, 1.165) is 27.7 Å². The van der Waals surface area contributed by atoms with E-state index in [4.69, 9.17) is 4.74 Å². The molecular weight excluding hydrogens is 310 g/mol. The molecule has 0 atom stereocenters. The molecule has 0 bridgehead atoms. The highest BCUT2D eigenvalue weighted by Gasteiger charge is 2.16. The number of aromatic nitrogens is 1. The summed E-state index contributed by atoms with van der Waals surface area (Å²) in [5, 5.41) is 1.11. The van der Waals surface area contributed by atoms with Gasteiger partial charge < -0.3 is 9.30 Å². The van der Waals surface area contributed by atoms with Crippen molar-refractivity contribution >= 4 is 22.9 Å². The van der Waals surface area contributed by atoms with Crippen molar-refractivity contribution < 1.29 is 9.53 Å². The van der Waals surface area contributed by atoms with Crippen molar-refractivity contribution in [3.05, 3.63) is 66.2 Å². The van der Waals surface area contributed by atoms with Gasteiger partial charge in [-0.25, -0.2) is 4.79 Å². The number of hydrogen-bond acceptors (Lipinski definition) is 2. The minimum absolute atomic E-state index is 0.334. The van der Waals surface area contributed by atoms with E-state index in [1.807, 2.05) is 57.2 Å².